The van der Waals surface area contributed by atoms with Crippen LogP contribution < -0.4 is 11.1 Å². The monoisotopic (exact) mass is 294 g/mol. The summed E-state index contributed by atoms with van der Waals surface area (Å²) in [7, 11) is 0. The summed E-state index contributed by atoms with van der Waals surface area (Å²) in [6.45, 7) is 1.83. The number of aryl methyl sites for hydroxylation is 1. The zero-order valence-corrected chi connectivity index (χ0v) is 11.7. The van der Waals surface area contributed by atoms with E-state index in [1.54, 1.807) is 36.4 Å². The van der Waals surface area contributed by atoms with Crippen molar-refractivity contribution in [3.63, 3.8) is 0 Å². The van der Waals surface area contributed by atoms with E-state index in [0.717, 1.165) is 5.56 Å². The number of nitrogen functional groups attached to an aromatic ring is 1. The van der Waals surface area contributed by atoms with Crippen LogP contribution in [0.3, 0.4) is 0 Å². The zero-order chi connectivity index (χ0) is 14.0. The fourth-order valence-corrected chi connectivity index (χ4v) is 2.05. The molecule has 1 amide bonds. The molecule has 0 saturated heterocycles. The number of rotatable bonds is 2. The van der Waals surface area contributed by atoms with Crippen LogP contribution in [0.1, 0.15) is 15.9 Å². The number of amides is 1. The smallest absolute Gasteiger partial charge is 0.255 e. The molecule has 98 valence electrons. The first-order valence-corrected chi connectivity index (χ1v) is 6.35. The fourth-order valence-electron chi connectivity index (χ4n) is 1.70. The van der Waals surface area contributed by atoms with E-state index in [-0.39, 0.29) is 5.91 Å². The summed E-state index contributed by atoms with van der Waals surface area (Å²) < 4.78 is 0. The Labute approximate surface area is 121 Å². The summed E-state index contributed by atoms with van der Waals surface area (Å²) in [6.07, 6.45) is 0. The molecule has 0 aliphatic rings. The van der Waals surface area contributed by atoms with Gasteiger partial charge in [-0.15, -0.1) is 0 Å². The van der Waals surface area contributed by atoms with E-state index < -0.39 is 0 Å². The Bertz CT molecular complexity index is 641. The van der Waals surface area contributed by atoms with Crippen molar-refractivity contribution in [1.29, 1.82) is 0 Å². The maximum Gasteiger partial charge on any atom is 0.255 e. The number of anilines is 2. The maximum atomic E-state index is 12.1. The Hall–Kier alpha value is -1.71. The predicted molar refractivity (Wildman–Crippen MR) is 80.0 cm³/mol. The van der Waals surface area contributed by atoms with Gasteiger partial charge >= 0.3 is 0 Å². The molecule has 3 N–H and O–H groups in total. The van der Waals surface area contributed by atoms with Gasteiger partial charge in [0.25, 0.3) is 5.91 Å². The van der Waals surface area contributed by atoms with Gasteiger partial charge in [-0.25, -0.2) is 0 Å². The minimum absolute atomic E-state index is 0.212. The van der Waals surface area contributed by atoms with E-state index in [4.69, 9.17) is 28.9 Å². The number of benzene rings is 2. The largest absolute Gasteiger partial charge is 0.397 e. The molecule has 2 aromatic carbocycles. The van der Waals surface area contributed by atoms with Crippen molar-refractivity contribution in [2.24, 2.45) is 0 Å². The maximum absolute atomic E-state index is 12.1. The standard InChI is InChI=1S/C14H12Cl2N2O/c1-8-6-9(15)2-4-11(8)14(19)18-10-3-5-12(16)13(17)7-10/h2-7H,17H2,1H3,(H,18,19). The first-order valence-electron chi connectivity index (χ1n) is 5.60. The molecule has 3 nitrogen and oxygen atoms in total. The first-order chi connectivity index (χ1) is 8.97. The molecule has 0 aliphatic carbocycles. The third kappa shape index (κ3) is 3.19. The van der Waals surface area contributed by atoms with Crippen LogP contribution in [0.5, 0.6) is 0 Å². The van der Waals surface area contributed by atoms with Gasteiger partial charge in [-0.3, -0.25) is 4.79 Å². The van der Waals surface area contributed by atoms with Crippen molar-refractivity contribution < 1.29 is 4.79 Å². The van der Waals surface area contributed by atoms with E-state index in [0.29, 0.717) is 27.0 Å². The van der Waals surface area contributed by atoms with Gasteiger partial charge in [-0.1, -0.05) is 23.2 Å². The topological polar surface area (TPSA) is 55.1 Å². The van der Waals surface area contributed by atoms with E-state index >= 15 is 0 Å². The number of nitrogens with one attached hydrogen (secondary N) is 1. The van der Waals surface area contributed by atoms with Crippen molar-refractivity contribution in [2.75, 3.05) is 11.1 Å². The Balaban J connectivity index is 2.23. The summed E-state index contributed by atoms with van der Waals surface area (Å²) in [5.41, 5.74) is 8.09. The molecule has 2 rings (SSSR count). The number of hydrogen-bond acceptors (Lipinski definition) is 2. The van der Waals surface area contributed by atoms with E-state index in [9.17, 15) is 4.79 Å². The third-order valence-electron chi connectivity index (χ3n) is 2.69. The molecule has 0 aliphatic heterocycles. The minimum Gasteiger partial charge on any atom is -0.397 e. The molecule has 2 aromatic rings. The summed E-state index contributed by atoms with van der Waals surface area (Å²) >= 11 is 11.7. The number of carbonyl (C=O) groups is 1. The highest BCUT2D eigenvalue weighted by molar-refractivity contribution is 6.33. The van der Waals surface area contributed by atoms with Crippen LogP contribution in [0.25, 0.3) is 0 Å². The number of carbonyl (C=O) groups excluding carboxylic acids is 1. The minimum atomic E-state index is -0.212. The Morgan fingerprint density at radius 3 is 2.53 bits per heavy atom. The zero-order valence-electron chi connectivity index (χ0n) is 10.2. The van der Waals surface area contributed by atoms with Gasteiger partial charge in [-0.2, -0.15) is 0 Å². The summed E-state index contributed by atoms with van der Waals surface area (Å²) in [4.78, 5) is 12.1. The van der Waals surface area contributed by atoms with Gasteiger partial charge in [0, 0.05) is 16.3 Å². The SMILES string of the molecule is Cc1cc(Cl)ccc1C(=O)Nc1ccc(Cl)c(N)c1. The van der Waals surface area contributed by atoms with E-state index in [1.807, 2.05) is 6.92 Å². The van der Waals surface area contributed by atoms with Crippen LogP contribution in [0.15, 0.2) is 36.4 Å². The lowest BCUT2D eigenvalue weighted by molar-refractivity contribution is 0.102. The first kappa shape index (κ1) is 13.7. The molecule has 0 heterocycles. The number of nitrogens with two attached hydrogens (primary N) is 1. The van der Waals surface area contributed by atoms with Crippen LogP contribution in [-0.2, 0) is 0 Å². The molecule has 0 fully saturated rings. The lowest BCUT2D eigenvalue weighted by Gasteiger charge is -2.09. The molecule has 5 heteroatoms. The highest BCUT2D eigenvalue weighted by atomic mass is 35.5. The average molecular weight is 295 g/mol. The van der Waals surface area contributed by atoms with Gasteiger partial charge in [-0.05, 0) is 48.9 Å². The number of halogens is 2. The summed E-state index contributed by atoms with van der Waals surface area (Å²) in [6, 6.07) is 10.1. The molecule has 0 spiro atoms. The van der Waals surface area contributed by atoms with E-state index in [2.05, 4.69) is 5.32 Å². The lowest BCUT2D eigenvalue weighted by Crippen LogP contribution is -2.13. The van der Waals surface area contributed by atoms with Crippen molar-refractivity contribution in [1.82, 2.24) is 0 Å². The molecule has 0 atom stereocenters. The van der Waals surface area contributed by atoms with Crippen molar-refractivity contribution in [3.05, 3.63) is 57.6 Å². The lowest BCUT2D eigenvalue weighted by atomic mass is 10.1. The molecule has 0 unspecified atom stereocenters. The van der Waals surface area contributed by atoms with Gasteiger partial charge in [0.2, 0.25) is 0 Å². The van der Waals surface area contributed by atoms with Gasteiger partial charge in [0.1, 0.15) is 0 Å². The molecular weight excluding hydrogens is 283 g/mol. The van der Waals surface area contributed by atoms with Crippen LogP contribution in [-0.4, -0.2) is 5.91 Å². The van der Waals surface area contributed by atoms with E-state index in [1.165, 1.54) is 0 Å². The second-order valence-corrected chi connectivity index (χ2v) is 4.99. The molecule has 0 radical (unpaired) electrons. The third-order valence-corrected chi connectivity index (χ3v) is 3.27. The summed E-state index contributed by atoms with van der Waals surface area (Å²) in [5.74, 6) is -0.212. The molecule has 0 bridgehead atoms. The Morgan fingerprint density at radius 1 is 1.16 bits per heavy atom. The van der Waals surface area contributed by atoms with Gasteiger partial charge in [0.05, 0.1) is 10.7 Å². The van der Waals surface area contributed by atoms with Gasteiger partial charge < -0.3 is 11.1 Å². The van der Waals surface area contributed by atoms with Gasteiger partial charge in [0.15, 0.2) is 0 Å². The van der Waals surface area contributed by atoms with Crippen molar-refractivity contribution in [2.45, 2.75) is 6.92 Å². The van der Waals surface area contributed by atoms with Crippen molar-refractivity contribution >= 4 is 40.5 Å². The summed E-state index contributed by atoms with van der Waals surface area (Å²) in [5, 5.41) is 3.83. The van der Waals surface area contributed by atoms with Crippen LogP contribution in [0.2, 0.25) is 10.0 Å². The second kappa shape index (κ2) is 5.51. The molecule has 0 aromatic heterocycles. The van der Waals surface area contributed by atoms with Crippen LogP contribution in [0.4, 0.5) is 11.4 Å². The molecular formula is C14H12Cl2N2O. The molecule has 0 saturated carbocycles. The van der Waals surface area contributed by atoms with Crippen molar-refractivity contribution in [3.8, 4) is 0 Å². The quantitative estimate of drug-likeness (QED) is 0.818. The number of hydrogen-bond donors (Lipinski definition) is 2. The second-order valence-electron chi connectivity index (χ2n) is 4.15. The van der Waals surface area contributed by atoms with Crippen LogP contribution >= 0.6 is 23.2 Å². The highest BCUT2D eigenvalue weighted by Gasteiger charge is 2.10. The highest BCUT2D eigenvalue weighted by Crippen LogP contribution is 2.23. The average Bonchev–Trinajstić information content (AvgIpc) is 2.33. The van der Waals surface area contributed by atoms with Crippen LogP contribution in [0, 0.1) is 6.92 Å². The Morgan fingerprint density at radius 2 is 1.89 bits per heavy atom. The Kier molecular flexibility index (Phi) is 3.98. The normalized spacial score (nSPS) is 10.3. The predicted octanol–water partition coefficient (Wildman–Crippen LogP) is 4.14. The fraction of sp³-hybridized carbons (Fsp3) is 0.0714. The molecule has 19 heavy (non-hydrogen) atoms.